The van der Waals surface area contributed by atoms with Gasteiger partial charge in [0.1, 0.15) is 11.6 Å². The second kappa shape index (κ2) is 7.59. The van der Waals surface area contributed by atoms with Gasteiger partial charge in [-0.1, -0.05) is 54.7 Å². The third-order valence-corrected chi connectivity index (χ3v) is 6.28. The molecule has 5 aromatic rings. The number of methoxy groups -OCH3 is 1. The van der Waals surface area contributed by atoms with Gasteiger partial charge < -0.3 is 4.74 Å². The Bertz CT molecular complexity index is 1520. The summed E-state index contributed by atoms with van der Waals surface area (Å²) in [5.74, 6) is 1.04. The molecule has 0 saturated carbocycles. The Balaban J connectivity index is 1.50. The smallest absolute Gasteiger partial charge is 0.291 e. The van der Waals surface area contributed by atoms with Crippen LogP contribution in [0.4, 0.5) is 4.39 Å². The molecule has 5 nitrogen and oxygen atoms in total. The van der Waals surface area contributed by atoms with E-state index in [0.29, 0.717) is 15.3 Å². The fourth-order valence-electron chi connectivity index (χ4n) is 3.53. The van der Waals surface area contributed by atoms with E-state index in [4.69, 9.17) is 4.74 Å². The van der Waals surface area contributed by atoms with E-state index in [-0.39, 0.29) is 17.3 Å². The second-order valence-electron chi connectivity index (χ2n) is 7.33. The van der Waals surface area contributed by atoms with Crippen molar-refractivity contribution >= 4 is 33.1 Å². The molecule has 0 radical (unpaired) electrons. The molecule has 2 heterocycles. The van der Waals surface area contributed by atoms with Gasteiger partial charge in [-0.2, -0.15) is 4.52 Å². The van der Waals surface area contributed by atoms with Gasteiger partial charge in [-0.25, -0.2) is 9.37 Å². The van der Waals surface area contributed by atoms with Crippen molar-refractivity contribution in [3.63, 3.8) is 0 Å². The number of fused-ring (bicyclic) bond motifs is 2. The van der Waals surface area contributed by atoms with E-state index in [2.05, 4.69) is 22.2 Å². The number of rotatable bonds is 4. The van der Waals surface area contributed by atoms with Gasteiger partial charge in [0.25, 0.3) is 5.56 Å². The lowest BCUT2D eigenvalue weighted by atomic mass is 9.97. The number of hydrogen-bond donors (Lipinski definition) is 0. The maximum absolute atomic E-state index is 13.1. The molecule has 0 aliphatic rings. The summed E-state index contributed by atoms with van der Waals surface area (Å²) in [4.78, 5) is 17.9. The van der Waals surface area contributed by atoms with Crippen LogP contribution in [0.1, 0.15) is 29.8 Å². The Hall–Kier alpha value is -3.58. The Morgan fingerprint density at radius 1 is 1.06 bits per heavy atom. The van der Waals surface area contributed by atoms with Crippen molar-refractivity contribution in [1.82, 2.24) is 14.6 Å². The predicted molar refractivity (Wildman–Crippen MR) is 120 cm³/mol. The highest BCUT2D eigenvalue weighted by Gasteiger charge is 2.17. The van der Waals surface area contributed by atoms with Crippen molar-refractivity contribution in [3.8, 4) is 5.75 Å². The number of nitrogens with zero attached hydrogens (tertiary/aromatic N) is 3. The molecule has 2 aromatic heterocycles. The lowest BCUT2D eigenvalue weighted by Crippen LogP contribution is -2.24. The van der Waals surface area contributed by atoms with Crippen LogP contribution in [0.5, 0.6) is 5.75 Å². The molecule has 3 aromatic carbocycles. The fourth-order valence-corrected chi connectivity index (χ4v) is 4.45. The van der Waals surface area contributed by atoms with Gasteiger partial charge in [0.05, 0.1) is 11.6 Å². The minimum atomic E-state index is -0.311. The highest BCUT2D eigenvalue weighted by Crippen LogP contribution is 2.27. The number of thiazole rings is 1. The van der Waals surface area contributed by atoms with Gasteiger partial charge in [0, 0.05) is 5.92 Å². The summed E-state index contributed by atoms with van der Waals surface area (Å²) in [6.07, 6.45) is 1.73. The summed E-state index contributed by atoms with van der Waals surface area (Å²) in [6, 6.07) is 18.2. The molecule has 0 spiro atoms. The van der Waals surface area contributed by atoms with Crippen molar-refractivity contribution < 1.29 is 9.13 Å². The molecule has 154 valence electrons. The summed E-state index contributed by atoms with van der Waals surface area (Å²) in [7, 11) is 1.65. The van der Waals surface area contributed by atoms with E-state index in [1.165, 1.54) is 28.0 Å². The highest BCUT2D eigenvalue weighted by molar-refractivity contribution is 7.15. The molecule has 0 N–H and O–H groups in total. The van der Waals surface area contributed by atoms with Crippen molar-refractivity contribution in [2.45, 2.75) is 12.8 Å². The Morgan fingerprint density at radius 3 is 2.55 bits per heavy atom. The molecule has 1 atom stereocenters. The van der Waals surface area contributed by atoms with Gasteiger partial charge in [-0.15, -0.1) is 5.10 Å². The molecule has 0 saturated heterocycles. The molecule has 31 heavy (non-hydrogen) atoms. The predicted octanol–water partition coefficient (Wildman–Crippen LogP) is 4.15. The number of halogens is 1. The van der Waals surface area contributed by atoms with Crippen molar-refractivity contribution in [1.29, 1.82) is 0 Å². The molecule has 7 heteroatoms. The third kappa shape index (κ3) is 3.57. The zero-order valence-electron chi connectivity index (χ0n) is 16.9. The number of ether oxygens (including phenoxy) is 1. The number of benzene rings is 3. The van der Waals surface area contributed by atoms with Crippen molar-refractivity contribution in [2.75, 3.05) is 7.11 Å². The van der Waals surface area contributed by atoms with E-state index in [0.717, 1.165) is 27.6 Å². The van der Waals surface area contributed by atoms with E-state index < -0.39 is 0 Å². The topological polar surface area (TPSA) is 56.5 Å². The summed E-state index contributed by atoms with van der Waals surface area (Å²) >= 11 is 1.28. The monoisotopic (exact) mass is 431 g/mol. The second-order valence-corrected chi connectivity index (χ2v) is 8.34. The molecular formula is C24H18FN3O2S. The third-order valence-electron chi connectivity index (χ3n) is 5.32. The minimum Gasteiger partial charge on any atom is -0.497 e. The van der Waals surface area contributed by atoms with Gasteiger partial charge in [0.2, 0.25) is 4.96 Å². The molecule has 0 aliphatic carbocycles. The van der Waals surface area contributed by atoms with Gasteiger partial charge in [0.15, 0.2) is 5.82 Å². The average molecular weight is 431 g/mol. The summed E-state index contributed by atoms with van der Waals surface area (Å²) in [6.45, 7) is 2.03. The zero-order valence-corrected chi connectivity index (χ0v) is 17.7. The van der Waals surface area contributed by atoms with Crippen LogP contribution in [-0.4, -0.2) is 21.7 Å². The van der Waals surface area contributed by atoms with E-state index in [9.17, 15) is 9.18 Å². The quantitative estimate of drug-likeness (QED) is 0.429. The summed E-state index contributed by atoms with van der Waals surface area (Å²) in [5, 5.41) is 6.67. The first-order valence-electron chi connectivity index (χ1n) is 9.76. The molecule has 5 rings (SSSR count). The Kier molecular flexibility index (Phi) is 4.75. The Labute approximate surface area is 181 Å². The maximum atomic E-state index is 13.1. The first kappa shape index (κ1) is 19.4. The molecular weight excluding hydrogens is 413 g/mol. The van der Waals surface area contributed by atoms with Crippen LogP contribution in [-0.2, 0) is 0 Å². The maximum Gasteiger partial charge on any atom is 0.291 e. The molecule has 0 unspecified atom stereocenters. The molecule has 0 aliphatic heterocycles. The average Bonchev–Trinajstić information content (AvgIpc) is 3.33. The minimum absolute atomic E-state index is 0.0671. The van der Waals surface area contributed by atoms with Gasteiger partial charge in [-0.05, 0) is 52.2 Å². The number of hydrogen-bond acceptors (Lipinski definition) is 5. The summed E-state index contributed by atoms with van der Waals surface area (Å²) < 4.78 is 20.2. The number of aromatic nitrogens is 3. The van der Waals surface area contributed by atoms with Crippen LogP contribution in [0.25, 0.3) is 21.8 Å². The normalized spacial score (nSPS) is 13.2. The SMILES string of the molecule is COc1ccc2cc([C@H](C)c3nc4s/c(=C\c5ccc(F)cc5)c(=O)n4n3)ccc2c1. The van der Waals surface area contributed by atoms with Gasteiger partial charge >= 0.3 is 0 Å². The fraction of sp³-hybridized carbons (Fsp3) is 0.125. The van der Waals surface area contributed by atoms with E-state index in [1.54, 1.807) is 25.3 Å². The van der Waals surface area contributed by atoms with E-state index in [1.807, 2.05) is 31.2 Å². The molecule has 0 bridgehead atoms. The largest absolute Gasteiger partial charge is 0.497 e. The molecule has 0 amide bonds. The zero-order chi connectivity index (χ0) is 21.5. The van der Waals surface area contributed by atoms with Crippen LogP contribution in [0, 0.1) is 5.82 Å². The van der Waals surface area contributed by atoms with E-state index >= 15 is 0 Å². The van der Waals surface area contributed by atoms with Crippen LogP contribution < -0.4 is 14.8 Å². The Morgan fingerprint density at radius 2 is 1.81 bits per heavy atom. The van der Waals surface area contributed by atoms with Crippen molar-refractivity contribution in [3.05, 3.63) is 98.3 Å². The van der Waals surface area contributed by atoms with Crippen molar-refractivity contribution in [2.24, 2.45) is 0 Å². The van der Waals surface area contributed by atoms with Crippen LogP contribution >= 0.6 is 11.3 Å². The standard InChI is InChI=1S/C24H18FN3O2S/c1-14(16-5-6-18-13-20(30-2)10-7-17(18)12-16)22-26-24-28(27-22)23(29)21(31-24)11-15-3-8-19(25)9-4-15/h3-14H,1-2H3/b21-11-/t14-/m0/s1. The van der Waals surface area contributed by atoms with Crippen LogP contribution in [0.15, 0.2) is 65.5 Å². The summed E-state index contributed by atoms with van der Waals surface area (Å²) in [5.41, 5.74) is 1.60. The first-order chi connectivity index (χ1) is 15.0. The lowest BCUT2D eigenvalue weighted by Gasteiger charge is -2.10. The van der Waals surface area contributed by atoms with Gasteiger partial charge in [-0.3, -0.25) is 4.79 Å². The highest BCUT2D eigenvalue weighted by atomic mass is 32.1. The molecule has 0 fully saturated rings. The lowest BCUT2D eigenvalue weighted by molar-refractivity contribution is 0.415. The first-order valence-corrected chi connectivity index (χ1v) is 10.6. The van der Waals surface area contributed by atoms with Crippen LogP contribution in [0.2, 0.25) is 0 Å². The van der Waals surface area contributed by atoms with Crippen LogP contribution in [0.3, 0.4) is 0 Å².